The number of rotatable bonds is 6. The molecule has 0 radical (unpaired) electrons. The van der Waals surface area contributed by atoms with Crippen molar-refractivity contribution in [1.29, 1.82) is 0 Å². The number of carbonyl (C=O) groups excluding carboxylic acids is 1. The summed E-state index contributed by atoms with van der Waals surface area (Å²) in [7, 11) is 3.16. The van der Waals surface area contributed by atoms with Crippen LogP contribution in [0.5, 0.6) is 0 Å². The molecule has 25 heavy (non-hydrogen) atoms. The number of ether oxygens (including phenoxy) is 2. The predicted molar refractivity (Wildman–Crippen MR) is 98.3 cm³/mol. The van der Waals surface area contributed by atoms with Gasteiger partial charge in [-0.25, -0.2) is 4.99 Å². The van der Waals surface area contributed by atoms with Crippen molar-refractivity contribution in [3.63, 3.8) is 0 Å². The van der Waals surface area contributed by atoms with Gasteiger partial charge in [0.1, 0.15) is 0 Å². The summed E-state index contributed by atoms with van der Waals surface area (Å²) in [6.07, 6.45) is 1.61. The molecule has 1 aromatic rings. The van der Waals surface area contributed by atoms with E-state index in [1.54, 1.807) is 7.11 Å². The van der Waals surface area contributed by atoms with Crippen LogP contribution in [0.15, 0.2) is 29.3 Å². The first-order chi connectivity index (χ1) is 12.2. The molecule has 1 saturated heterocycles. The molecule has 2 rings (SSSR count). The Balaban J connectivity index is 2.03. The fourth-order valence-electron chi connectivity index (χ4n) is 3.09. The third-order valence-corrected chi connectivity index (χ3v) is 4.48. The van der Waals surface area contributed by atoms with Crippen molar-refractivity contribution in [2.45, 2.75) is 32.9 Å². The van der Waals surface area contributed by atoms with E-state index in [9.17, 15) is 4.79 Å². The van der Waals surface area contributed by atoms with Crippen LogP contribution in [0.2, 0.25) is 0 Å². The highest BCUT2D eigenvalue weighted by Gasteiger charge is 2.26. The van der Waals surface area contributed by atoms with Crippen molar-refractivity contribution in [2.75, 3.05) is 33.9 Å². The van der Waals surface area contributed by atoms with Gasteiger partial charge in [-0.3, -0.25) is 4.79 Å². The van der Waals surface area contributed by atoms with Gasteiger partial charge in [-0.05, 0) is 30.9 Å². The van der Waals surface area contributed by atoms with E-state index in [1.165, 1.54) is 12.7 Å². The third-order valence-electron chi connectivity index (χ3n) is 4.48. The number of piperidine rings is 1. The van der Waals surface area contributed by atoms with Crippen LogP contribution in [-0.4, -0.2) is 50.7 Å². The van der Waals surface area contributed by atoms with Crippen molar-refractivity contribution < 1.29 is 14.3 Å². The second-order valence-corrected chi connectivity index (χ2v) is 6.16. The number of likely N-dealkylation sites (tertiary alicyclic amines) is 1. The van der Waals surface area contributed by atoms with Crippen LogP contribution in [0.25, 0.3) is 0 Å². The van der Waals surface area contributed by atoms with E-state index in [-0.39, 0.29) is 11.9 Å². The molecule has 1 N–H and O–H groups in total. The van der Waals surface area contributed by atoms with Gasteiger partial charge in [0.15, 0.2) is 5.96 Å². The van der Waals surface area contributed by atoms with E-state index in [2.05, 4.69) is 29.3 Å². The Morgan fingerprint density at radius 1 is 1.24 bits per heavy atom. The molecule has 0 bridgehead atoms. The van der Waals surface area contributed by atoms with Crippen molar-refractivity contribution in [1.82, 2.24) is 10.2 Å². The van der Waals surface area contributed by atoms with E-state index >= 15 is 0 Å². The number of carbonyl (C=O) groups is 1. The first-order valence-corrected chi connectivity index (χ1v) is 8.86. The summed E-state index contributed by atoms with van der Waals surface area (Å²) in [5.41, 5.74) is 2.33. The number of nitrogens with zero attached hydrogens (tertiary/aromatic N) is 2. The van der Waals surface area contributed by atoms with Crippen molar-refractivity contribution in [3.05, 3.63) is 35.4 Å². The van der Waals surface area contributed by atoms with Crippen LogP contribution in [0.3, 0.4) is 0 Å². The SMILES string of the molecule is CCNC(=NCc1ccccc1COC)N1CCC(C(=O)OC)CC1. The molecule has 0 amide bonds. The van der Waals surface area contributed by atoms with Gasteiger partial charge in [0.05, 0.1) is 26.2 Å². The summed E-state index contributed by atoms with van der Waals surface area (Å²) in [5, 5.41) is 3.36. The van der Waals surface area contributed by atoms with Crippen molar-refractivity contribution in [3.8, 4) is 0 Å². The first-order valence-electron chi connectivity index (χ1n) is 8.86. The summed E-state index contributed by atoms with van der Waals surface area (Å²) in [4.78, 5) is 18.7. The second kappa shape index (κ2) is 10.0. The molecular formula is C19H29N3O3. The topological polar surface area (TPSA) is 63.2 Å². The third kappa shape index (κ3) is 5.46. The Bertz CT molecular complexity index is 581. The summed E-state index contributed by atoms with van der Waals surface area (Å²) in [6, 6.07) is 8.21. The lowest BCUT2D eigenvalue weighted by molar-refractivity contribution is -0.146. The number of hydrogen-bond acceptors (Lipinski definition) is 4. The van der Waals surface area contributed by atoms with Crippen LogP contribution in [-0.2, 0) is 27.4 Å². The number of nitrogens with one attached hydrogen (secondary N) is 1. The van der Waals surface area contributed by atoms with Crippen LogP contribution in [0, 0.1) is 5.92 Å². The van der Waals surface area contributed by atoms with Crippen molar-refractivity contribution in [2.24, 2.45) is 10.9 Å². The molecule has 0 saturated carbocycles. The highest BCUT2D eigenvalue weighted by atomic mass is 16.5. The minimum Gasteiger partial charge on any atom is -0.469 e. The second-order valence-electron chi connectivity index (χ2n) is 6.16. The molecule has 1 fully saturated rings. The molecule has 0 atom stereocenters. The molecule has 138 valence electrons. The minimum atomic E-state index is -0.102. The van der Waals surface area contributed by atoms with Gasteiger partial charge in [-0.1, -0.05) is 24.3 Å². The van der Waals surface area contributed by atoms with Gasteiger partial charge in [-0.15, -0.1) is 0 Å². The summed E-state index contributed by atoms with van der Waals surface area (Å²) >= 11 is 0. The van der Waals surface area contributed by atoms with Crippen LogP contribution in [0.1, 0.15) is 30.9 Å². The van der Waals surface area contributed by atoms with Gasteiger partial charge < -0.3 is 19.7 Å². The maximum atomic E-state index is 11.7. The van der Waals surface area contributed by atoms with Crippen LogP contribution in [0.4, 0.5) is 0 Å². The number of guanidine groups is 1. The van der Waals surface area contributed by atoms with E-state index in [1.807, 2.05) is 12.1 Å². The Hall–Kier alpha value is -2.08. The van der Waals surface area contributed by atoms with E-state index in [0.717, 1.165) is 44.0 Å². The Morgan fingerprint density at radius 3 is 2.52 bits per heavy atom. The molecule has 1 aliphatic rings. The molecule has 0 spiro atoms. The summed E-state index contributed by atoms with van der Waals surface area (Å²) in [6.45, 7) is 5.70. The zero-order valence-corrected chi connectivity index (χ0v) is 15.5. The molecular weight excluding hydrogens is 318 g/mol. The number of aliphatic imine (C=N–C) groups is 1. The van der Waals surface area contributed by atoms with E-state index < -0.39 is 0 Å². The summed E-state index contributed by atoms with van der Waals surface area (Å²) in [5.74, 6) is 0.805. The van der Waals surface area contributed by atoms with E-state index in [4.69, 9.17) is 14.5 Å². The molecule has 0 unspecified atom stereocenters. The van der Waals surface area contributed by atoms with Crippen LogP contribution < -0.4 is 5.32 Å². The standard InChI is InChI=1S/C19H29N3O3/c1-4-20-19(22-11-9-15(10-12-22)18(23)25-3)21-13-16-7-5-6-8-17(16)14-24-2/h5-8,15H,4,9-14H2,1-3H3,(H,20,21). The number of methoxy groups -OCH3 is 2. The molecule has 1 aliphatic heterocycles. The van der Waals surface area contributed by atoms with Gasteiger partial charge >= 0.3 is 5.97 Å². The monoisotopic (exact) mass is 347 g/mol. The highest BCUT2D eigenvalue weighted by molar-refractivity contribution is 5.80. The zero-order chi connectivity index (χ0) is 18.1. The fourth-order valence-corrected chi connectivity index (χ4v) is 3.09. The lowest BCUT2D eigenvalue weighted by Gasteiger charge is -2.33. The zero-order valence-electron chi connectivity index (χ0n) is 15.5. The summed E-state index contributed by atoms with van der Waals surface area (Å²) < 4.78 is 10.1. The average Bonchev–Trinajstić information content (AvgIpc) is 2.66. The highest BCUT2D eigenvalue weighted by Crippen LogP contribution is 2.19. The van der Waals surface area contributed by atoms with E-state index in [0.29, 0.717) is 13.2 Å². The maximum Gasteiger partial charge on any atom is 0.308 e. The Morgan fingerprint density at radius 2 is 1.92 bits per heavy atom. The molecule has 0 aliphatic carbocycles. The van der Waals surface area contributed by atoms with Crippen molar-refractivity contribution >= 4 is 11.9 Å². The largest absolute Gasteiger partial charge is 0.469 e. The average molecular weight is 347 g/mol. The number of benzene rings is 1. The molecule has 1 aromatic carbocycles. The molecule has 6 nitrogen and oxygen atoms in total. The quantitative estimate of drug-likeness (QED) is 0.485. The Labute approximate surface area is 150 Å². The Kier molecular flexibility index (Phi) is 7.73. The normalized spacial score (nSPS) is 16.0. The lowest BCUT2D eigenvalue weighted by atomic mass is 9.97. The first kappa shape index (κ1) is 19.2. The van der Waals surface area contributed by atoms with Crippen LogP contribution >= 0.6 is 0 Å². The van der Waals surface area contributed by atoms with Gasteiger partial charge in [0, 0.05) is 26.7 Å². The van der Waals surface area contributed by atoms with Gasteiger partial charge in [0.2, 0.25) is 0 Å². The van der Waals surface area contributed by atoms with Gasteiger partial charge in [0.25, 0.3) is 0 Å². The smallest absolute Gasteiger partial charge is 0.308 e. The lowest BCUT2D eigenvalue weighted by Crippen LogP contribution is -2.46. The number of hydrogen-bond donors (Lipinski definition) is 1. The molecule has 6 heteroatoms. The molecule has 1 heterocycles. The van der Waals surface area contributed by atoms with Gasteiger partial charge in [-0.2, -0.15) is 0 Å². The maximum absolute atomic E-state index is 11.7. The minimum absolute atomic E-state index is 0.00607. The predicted octanol–water partition coefficient (Wildman–Crippen LogP) is 2.18. The molecule has 0 aromatic heterocycles. The number of esters is 1. The fraction of sp³-hybridized carbons (Fsp3) is 0.579.